The van der Waals surface area contributed by atoms with Gasteiger partial charge in [0.2, 0.25) is 5.91 Å². The first-order valence-electron chi connectivity index (χ1n) is 9.51. The fraction of sp³-hybridized carbons (Fsp3) is 0.318. The van der Waals surface area contributed by atoms with Gasteiger partial charge < -0.3 is 25.2 Å². The zero-order valence-electron chi connectivity index (χ0n) is 18.0. The van der Waals surface area contributed by atoms with Crippen LogP contribution in [0.1, 0.15) is 27.2 Å². The van der Waals surface area contributed by atoms with E-state index in [0.29, 0.717) is 36.8 Å². The molecule has 1 aliphatic heterocycles. The molecule has 0 radical (unpaired) electrons. The average molecular weight is 440 g/mol. The van der Waals surface area contributed by atoms with Crippen molar-refractivity contribution in [2.45, 2.75) is 13.3 Å². The minimum Gasteiger partial charge on any atom is -0.497 e. The molecule has 168 valence electrons. The fourth-order valence-electron chi connectivity index (χ4n) is 3.59. The van der Waals surface area contributed by atoms with Crippen molar-refractivity contribution < 1.29 is 29.0 Å². The van der Waals surface area contributed by atoms with Gasteiger partial charge in [0.1, 0.15) is 17.6 Å². The molecule has 3 rings (SSSR count). The molecule has 10 heteroatoms. The summed E-state index contributed by atoms with van der Waals surface area (Å²) in [5.41, 5.74) is 6.84. The summed E-state index contributed by atoms with van der Waals surface area (Å²) < 4.78 is 9.98. The van der Waals surface area contributed by atoms with Crippen molar-refractivity contribution in [1.29, 1.82) is 5.26 Å². The van der Waals surface area contributed by atoms with Crippen LogP contribution in [0.3, 0.4) is 0 Å². The molecule has 10 nitrogen and oxygen atoms in total. The molecular formula is C22H24N4O6. The number of nitrogens with two attached hydrogens (primary N) is 1. The summed E-state index contributed by atoms with van der Waals surface area (Å²) in [4.78, 5) is 38.7. The Morgan fingerprint density at radius 1 is 1.34 bits per heavy atom. The Bertz CT molecular complexity index is 1060. The van der Waals surface area contributed by atoms with Crippen LogP contribution in [0.2, 0.25) is 0 Å². The molecule has 1 aromatic heterocycles. The Kier molecular flexibility index (Phi) is 7.74. The molecule has 32 heavy (non-hydrogen) atoms. The van der Waals surface area contributed by atoms with E-state index in [2.05, 4.69) is 11.1 Å². The number of rotatable bonds is 6. The number of carbonyl (C=O) groups excluding carboxylic acids is 2. The first-order chi connectivity index (χ1) is 15.2. The lowest BCUT2D eigenvalue weighted by atomic mass is 9.74. The highest BCUT2D eigenvalue weighted by Crippen LogP contribution is 2.38. The lowest BCUT2D eigenvalue weighted by molar-refractivity contribution is -0.129. The Labute approximate surface area is 185 Å². The number of aryl methyl sites for hydroxylation is 1. The molecule has 1 aliphatic rings. The second-order valence-electron chi connectivity index (χ2n) is 7.23. The van der Waals surface area contributed by atoms with Gasteiger partial charge in [0, 0.05) is 13.1 Å². The first-order valence-corrected chi connectivity index (χ1v) is 9.51. The molecule has 1 fully saturated rings. The number of hydrogen-bond acceptors (Lipinski definition) is 8. The van der Waals surface area contributed by atoms with Crippen molar-refractivity contribution in [3.63, 3.8) is 0 Å². The van der Waals surface area contributed by atoms with E-state index in [4.69, 9.17) is 25.1 Å². The van der Waals surface area contributed by atoms with Gasteiger partial charge in [-0.25, -0.2) is 9.78 Å². The summed E-state index contributed by atoms with van der Waals surface area (Å²) in [5, 5.41) is 16.4. The molecular weight excluding hydrogens is 416 g/mol. The van der Waals surface area contributed by atoms with E-state index in [1.807, 2.05) is 29.2 Å². The third-order valence-electron chi connectivity index (χ3n) is 5.20. The normalized spacial score (nSPS) is 13.5. The van der Waals surface area contributed by atoms with Crippen LogP contribution in [-0.4, -0.2) is 55.7 Å². The maximum Gasteiger partial charge on any atom is 0.339 e. The Morgan fingerprint density at radius 2 is 2.00 bits per heavy atom. The maximum atomic E-state index is 12.3. The Morgan fingerprint density at radius 3 is 2.53 bits per heavy atom. The van der Waals surface area contributed by atoms with Gasteiger partial charge in [-0.3, -0.25) is 9.59 Å². The number of ether oxygens (including phenoxy) is 2. The summed E-state index contributed by atoms with van der Waals surface area (Å²) in [7, 11) is 2.86. The van der Waals surface area contributed by atoms with Gasteiger partial charge in [0.05, 0.1) is 36.5 Å². The zero-order chi connectivity index (χ0) is 23.9. The number of amides is 1. The fourth-order valence-corrected chi connectivity index (χ4v) is 3.59. The molecule has 0 atom stereocenters. The van der Waals surface area contributed by atoms with Gasteiger partial charge in [0.15, 0.2) is 0 Å². The van der Waals surface area contributed by atoms with Crippen LogP contribution >= 0.6 is 0 Å². The van der Waals surface area contributed by atoms with E-state index in [9.17, 15) is 14.9 Å². The largest absolute Gasteiger partial charge is 0.497 e. The minimum absolute atomic E-state index is 0.242. The molecule has 2 aromatic rings. The molecule has 1 amide bonds. The van der Waals surface area contributed by atoms with E-state index in [0.717, 1.165) is 5.56 Å². The quantitative estimate of drug-likeness (QED) is 0.499. The number of pyridine rings is 1. The molecule has 0 spiro atoms. The van der Waals surface area contributed by atoms with Gasteiger partial charge in [-0.15, -0.1) is 0 Å². The average Bonchev–Trinajstić information content (AvgIpc) is 2.75. The van der Waals surface area contributed by atoms with E-state index in [1.54, 1.807) is 14.0 Å². The van der Waals surface area contributed by atoms with Gasteiger partial charge >= 0.3 is 5.97 Å². The smallest absolute Gasteiger partial charge is 0.339 e. The van der Waals surface area contributed by atoms with Gasteiger partial charge in [0.25, 0.3) is 6.47 Å². The van der Waals surface area contributed by atoms with Gasteiger partial charge in [-0.05, 0) is 37.1 Å². The summed E-state index contributed by atoms with van der Waals surface area (Å²) >= 11 is 0. The van der Waals surface area contributed by atoms with Crippen LogP contribution in [0.15, 0.2) is 30.3 Å². The third kappa shape index (κ3) is 4.95. The molecule has 1 saturated heterocycles. The minimum atomic E-state index is -0.768. The predicted molar refractivity (Wildman–Crippen MR) is 114 cm³/mol. The lowest BCUT2D eigenvalue weighted by Gasteiger charge is -2.49. The number of hydrogen-bond donors (Lipinski definition) is 2. The highest BCUT2D eigenvalue weighted by atomic mass is 16.5. The molecule has 0 unspecified atom stereocenters. The molecule has 3 N–H and O–H groups in total. The monoisotopic (exact) mass is 440 g/mol. The van der Waals surface area contributed by atoms with E-state index in [-0.39, 0.29) is 17.6 Å². The number of methoxy groups -OCH3 is 2. The molecule has 0 aliphatic carbocycles. The van der Waals surface area contributed by atoms with Crippen molar-refractivity contribution in [2.75, 3.05) is 32.2 Å². The summed E-state index contributed by atoms with van der Waals surface area (Å²) in [6, 6.07) is 11.0. The van der Waals surface area contributed by atoms with Crippen molar-refractivity contribution in [2.24, 2.45) is 11.1 Å². The van der Waals surface area contributed by atoms with Gasteiger partial charge in [-0.1, -0.05) is 12.1 Å². The number of carboxylic acid groups (broad SMARTS) is 1. The van der Waals surface area contributed by atoms with E-state index >= 15 is 0 Å². The van der Waals surface area contributed by atoms with E-state index < -0.39 is 17.3 Å². The molecule has 2 heterocycles. The number of nitriles is 1. The maximum absolute atomic E-state index is 12.3. The SMILES string of the molecule is COC(=O)c1cc(C#N)c(N2CC(Cc3cccc(OC)c3)(C(N)=O)C2)nc1C.O=CO. The number of benzene rings is 1. The number of anilines is 1. The Hall–Kier alpha value is -4.13. The zero-order valence-corrected chi connectivity index (χ0v) is 18.0. The van der Waals surface area contributed by atoms with Crippen LogP contribution in [0.25, 0.3) is 0 Å². The molecule has 0 bridgehead atoms. The lowest BCUT2D eigenvalue weighted by Crippen LogP contribution is -2.64. The predicted octanol–water partition coefficient (Wildman–Crippen LogP) is 1.29. The van der Waals surface area contributed by atoms with Crippen LogP contribution in [0.5, 0.6) is 5.75 Å². The van der Waals surface area contributed by atoms with Crippen LogP contribution < -0.4 is 15.4 Å². The summed E-state index contributed by atoms with van der Waals surface area (Å²) in [6.45, 7) is 2.09. The topological polar surface area (TPSA) is 156 Å². The van der Waals surface area contributed by atoms with Crippen LogP contribution in [0, 0.1) is 23.7 Å². The first kappa shape index (κ1) is 24.1. The highest BCUT2D eigenvalue weighted by Gasteiger charge is 2.49. The number of nitrogens with zero attached hydrogens (tertiary/aromatic N) is 3. The second kappa shape index (κ2) is 10.3. The van der Waals surface area contributed by atoms with Crippen LogP contribution in [-0.2, 0) is 20.7 Å². The number of aromatic nitrogens is 1. The Balaban J connectivity index is 0.00000114. The van der Waals surface area contributed by atoms with Crippen LogP contribution in [0.4, 0.5) is 5.82 Å². The summed E-state index contributed by atoms with van der Waals surface area (Å²) in [6.07, 6.45) is 0.456. The highest BCUT2D eigenvalue weighted by molar-refractivity contribution is 5.92. The number of esters is 1. The summed E-state index contributed by atoms with van der Waals surface area (Å²) in [5.74, 6) is 0.185. The number of carbonyl (C=O) groups is 3. The second-order valence-corrected chi connectivity index (χ2v) is 7.23. The standard InChI is InChI=1S/C21H22N4O4.CH2O2/c1-13-17(19(26)29-3)8-15(10-22)18(24-13)25-11-21(12-25,20(23)27)9-14-5-4-6-16(7-14)28-2;2-1-3/h4-8H,9,11-12H2,1-3H3,(H2,23,27);1H,(H,2,3). The van der Waals surface area contributed by atoms with Crippen molar-refractivity contribution in [3.05, 3.63) is 52.7 Å². The third-order valence-corrected chi connectivity index (χ3v) is 5.20. The number of primary amides is 1. The van der Waals surface area contributed by atoms with Gasteiger partial charge in [-0.2, -0.15) is 5.26 Å². The van der Waals surface area contributed by atoms with E-state index in [1.165, 1.54) is 13.2 Å². The van der Waals surface area contributed by atoms with Crippen molar-refractivity contribution in [1.82, 2.24) is 4.98 Å². The molecule has 0 saturated carbocycles. The molecule has 1 aromatic carbocycles. The van der Waals surface area contributed by atoms with Crippen molar-refractivity contribution >= 4 is 24.2 Å². The van der Waals surface area contributed by atoms with Crippen molar-refractivity contribution in [3.8, 4) is 11.8 Å².